The molecule has 2 heterocycles. The van der Waals surface area contributed by atoms with Crippen LogP contribution >= 0.6 is 0 Å². The van der Waals surface area contributed by atoms with E-state index in [1.807, 2.05) is 0 Å². The van der Waals surface area contributed by atoms with Gasteiger partial charge in [0.2, 0.25) is 5.91 Å². The average molecular weight is 205 g/mol. The number of pyridine rings is 1. The van der Waals surface area contributed by atoms with Gasteiger partial charge in [-0.3, -0.25) is 14.6 Å². The summed E-state index contributed by atoms with van der Waals surface area (Å²) >= 11 is 0. The molecule has 1 atom stereocenters. The number of nitrogens with zero attached hydrogens (tertiary/aromatic N) is 1. The highest BCUT2D eigenvalue weighted by atomic mass is 16.2. The van der Waals surface area contributed by atoms with E-state index in [1.165, 1.54) is 0 Å². The van der Waals surface area contributed by atoms with Crippen LogP contribution in [0.15, 0.2) is 24.4 Å². The summed E-state index contributed by atoms with van der Waals surface area (Å²) in [7, 11) is 0. The number of nitrogens with one attached hydrogen (secondary N) is 2. The fourth-order valence-corrected chi connectivity index (χ4v) is 1.46. The summed E-state index contributed by atoms with van der Waals surface area (Å²) in [5.41, 5.74) is 0.372. The van der Waals surface area contributed by atoms with Crippen molar-refractivity contribution in [2.24, 2.45) is 0 Å². The van der Waals surface area contributed by atoms with Crippen LogP contribution in [-0.2, 0) is 4.79 Å². The van der Waals surface area contributed by atoms with Crippen LogP contribution in [0.25, 0.3) is 0 Å². The first-order valence-electron chi connectivity index (χ1n) is 4.74. The van der Waals surface area contributed by atoms with Gasteiger partial charge in [-0.1, -0.05) is 6.07 Å². The zero-order chi connectivity index (χ0) is 10.7. The molecule has 0 aliphatic carbocycles. The topological polar surface area (TPSA) is 71.1 Å². The minimum atomic E-state index is -0.239. The van der Waals surface area contributed by atoms with Gasteiger partial charge >= 0.3 is 0 Å². The van der Waals surface area contributed by atoms with Crippen LogP contribution in [0.2, 0.25) is 0 Å². The lowest BCUT2D eigenvalue weighted by Gasteiger charge is -2.09. The molecule has 1 aromatic heterocycles. The van der Waals surface area contributed by atoms with Crippen molar-refractivity contribution in [3.8, 4) is 0 Å². The molecule has 1 aliphatic rings. The molecule has 0 bridgehead atoms. The molecule has 15 heavy (non-hydrogen) atoms. The van der Waals surface area contributed by atoms with Gasteiger partial charge in [-0.05, 0) is 12.1 Å². The Bertz CT molecular complexity index is 378. The predicted octanol–water partition coefficient (Wildman–Crippen LogP) is -0.300. The van der Waals surface area contributed by atoms with E-state index < -0.39 is 0 Å². The number of carbonyl (C=O) groups is 2. The normalized spacial score (nSPS) is 19.7. The Balaban J connectivity index is 1.96. The fourth-order valence-electron chi connectivity index (χ4n) is 1.46. The van der Waals surface area contributed by atoms with Crippen LogP contribution in [-0.4, -0.2) is 29.4 Å². The standard InChI is InChI=1S/C10H11N3O2/c14-9-5-7(6-12-9)13-10(15)8-3-1-2-4-11-8/h1-4,7H,5-6H2,(H,12,14)(H,13,15)/t7-/m1/s1. The Morgan fingerprint density at radius 1 is 1.53 bits per heavy atom. The van der Waals surface area contributed by atoms with Crippen LogP contribution in [0.5, 0.6) is 0 Å². The third-order valence-corrected chi connectivity index (χ3v) is 2.21. The van der Waals surface area contributed by atoms with Gasteiger partial charge in [0.05, 0.1) is 6.04 Å². The minimum Gasteiger partial charge on any atom is -0.354 e. The van der Waals surface area contributed by atoms with Crippen molar-refractivity contribution in [1.29, 1.82) is 0 Å². The summed E-state index contributed by atoms with van der Waals surface area (Å²) in [4.78, 5) is 26.4. The maximum Gasteiger partial charge on any atom is 0.270 e. The van der Waals surface area contributed by atoms with Crippen LogP contribution < -0.4 is 10.6 Å². The van der Waals surface area contributed by atoms with E-state index in [4.69, 9.17) is 0 Å². The van der Waals surface area contributed by atoms with Gasteiger partial charge in [-0.15, -0.1) is 0 Å². The molecular formula is C10H11N3O2. The second-order valence-electron chi connectivity index (χ2n) is 3.39. The molecule has 78 valence electrons. The largest absolute Gasteiger partial charge is 0.354 e. The maximum absolute atomic E-state index is 11.6. The molecule has 1 aliphatic heterocycles. The Morgan fingerprint density at radius 3 is 3.00 bits per heavy atom. The van der Waals surface area contributed by atoms with Crippen molar-refractivity contribution in [3.05, 3.63) is 30.1 Å². The highest BCUT2D eigenvalue weighted by Crippen LogP contribution is 2.01. The lowest BCUT2D eigenvalue weighted by Crippen LogP contribution is -2.36. The van der Waals surface area contributed by atoms with Gasteiger partial charge in [0.25, 0.3) is 5.91 Å². The Morgan fingerprint density at radius 2 is 2.40 bits per heavy atom. The van der Waals surface area contributed by atoms with Gasteiger partial charge in [-0.25, -0.2) is 0 Å². The summed E-state index contributed by atoms with van der Waals surface area (Å²) in [6, 6.07) is 5.02. The maximum atomic E-state index is 11.6. The first kappa shape index (κ1) is 9.64. The number of rotatable bonds is 2. The number of hydrogen-bond acceptors (Lipinski definition) is 3. The zero-order valence-electron chi connectivity index (χ0n) is 8.06. The van der Waals surface area contributed by atoms with E-state index in [2.05, 4.69) is 15.6 Å². The number of carbonyl (C=O) groups excluding carboxylic acids is 2. The lowest BCUT2D eigenvalue weighted by molar-refractivity contribution is -0.119. The average Bonchev–Trinajstić information content (AvgIpc) is 2.65. The van der Waals surface area contributed by atoms with Gasteiger partial charge in [0.15, 0.2) is 0 Å². The van der Waals surface area contributed by atoms with Crippen molar-refractivity contribution in [2.75, 3.05) is 6.54 Å². The van der Waals surface area contributed by atoms with Gasteiger partial charge < -0.3 is 10.6 Å². The van der Waals surface area contributed by atoms with E-state index >= 15 is 0 Å². The number of amides is 2. The quantitative estimate of drug-likeness (QED) is 0.696. The Kier molecular flexibility index (Phi) is 2.62. The molecule has 1 fully saturated rings. The van der Waals surface area contributed by atoms with Crippen molar-refractivity contribution < 1.29 is 9.59 Å². The van der Waals surface area contributed by atoms with Crippen molar-refractivity contribution in [1.82, 2.24) is 15.6 Å². The summed E-state index contributed by atoms with van der Waals surface area (Å²) < 4.78 is 0. The molecule has 0 saturated carbocycles. The summed E-state index contributed by atoms with van der Waals surface area (Å²) in [5, 5.41) is 5.39. The van der Waals surface area contributed by atoms with E-state index in [9.17, 15) is 9.59 Å². The number of aromatic nitrogens is 1. The van der Waals surface area contributed by atoms with Crippen molar-refractivity contribution in [2.45, 2.75) is 12.5 Å². The first-order chi connectivity index (χ1) is 7.25. The predicted molar refractivity (Wildman–Crippen MR) is 53.1 cm³/mol. The summed E-state index contributed by atoms with van der Waals surface area (Å²) in [6.45, 7) is 0.497. The molecule has 5 nitrogen and oxygen atoms in total. The summed E-state index contributed by atoms with van der Waals surface area (Å²) in [6.07, 6.45) is 1.91. The molecule has 0 spiro atoms. The van der Waals surface area contributed by atoms with Gasteiger partial charge in [0, 0.05) is 19.2 Å². The summed E-state index contributed by atoms with van der Waals surface area (Å²) in [5.74, 6) is -0.265. The fraction of sp³-hybridized carbons (Fsp3) is 0.300. The van der Waals surface area contributed by atoms with Crippen LogP contribution in [0, 0.1) is 0 Å². The molecular weight excluding hydrogens is 194 g/mol. The van der Waals surface area contributed by atoms with E-state index in [1.54, 1.807) is 24.4 Å². The van der Waals surface area contributed by atoms with E-state index in [0.29, 0.717) is 18.7 Å². The van der Waals surface area contributed by atoms with Crippen LogP contribution in [0.4, 0.5) is 0 Å². The molecule has 0 unspecified atom stereocenters. The highest BCUT2D eigenvalue weighted by molar-refractivity contribution is 5.93. The molecule has 1 saturated heterocycles. The molecule has 2 rings (SSSR count). The third kappa shape index (κ3) is 2.31. The van der Waals surface area contributed by atoms with E-state index in [0.717, 1.165) is 0 Å². The number of hydrogen-bond donors (Lipinski definition) is 2. The Hall–Kier alpha value is -1.91. The molecule has 2 amide bonds. The van der Waals surface area contributed by atoms with Crippen LogP contribution in [0.1, 0.15) is 16.9 Å². The van der Waals surface area contributed by atoms with E-state index in [-0.39, 0.29) is 17.9 Å². The zero-order valence-corrected chi connectivity index (χ0v) is 8.06. The molecule has 0 aromatic carbocycles. The molecule has 2 N–H and O–H groups in total. The minimum absolute atomic E-state index is 0.0266. The first-order valence-corrected chi connectivity index (χ1v) is 4.74. The third-order valence-electron chi connectivity index (χ3n) is 2.21. The van der Waals surface area contributed by atoms with Crippen molar-refractivity contribution in [3.63, 3.8) is 0 Å². The lowest BCUT2D eigenvalue weighted by atomic mass is 10.2. The Labute approximate surface area is 86.9 Å². The molecule has 5 heteroatoms. The monoisotopic (exact) mass is 205 g/mol. The van der Waals surface area contributed by atoms with Crippen molar-refractivity contribution >= 4 is 11.8 Å². The highest BCUT2D eigenvalue weighted by Gasteiger charge is 2.23. The SMILES string of the molecule is O=C1C[C@@H](NC(=O)c2ccccn2)CN1. The van der Waals surface area contributed by atoms with Gasteiger partial charge in [0.1, 0.15) is 5.69 Å². The smallest absolute Gasteiger partial charge is 0.270 e. The van der Waals surface area contributed by atoms with Crippen LogP contribution in [0.3, 0.4) is 0 Å². The molecule has 1 aromatic rings. The van der Waals surface area contributed by atoms with Gasteiger partial charge in [-0.2, -0.15) is 0 Å². The second kappa shape index (κ2) is 4.08. The second-order valence-corrected chi connectivity index (χ2v) is 3.39. The molecule has 0 radical (unpaired) electrons.